The van der Waals surface area contributed by atoms with Crippen LogP contribution in [0.25, 0.3) is 0 Å². The molecule has 1 aliphatic carbocycles. The van der Waals surface area contributed by atoms with Crippen LogP contribution in [0.5, 0.6) is 0 Å². The van der Waals surface area contributed by atoms with Gasteiger partial charge in [0.1, 0.15) is 24.1 Å². The molecule has 0 radical (unpaired) electrons. The molecular weight excluding hydrogens is 503 g/mol. The summed E-state index contributed by atoms with van der Waals surface area (Å²) in [7, 11) is 1.44. The van der Waals surface area contributed by atoms with Crippen LogP contribution in [-0.4, -0.2) is 96.1 Å². The summed E-state index contributed by atoms with van der Waals surface area (Å²) in [6, 6.07) is 6.15. The van der Waals surface area contributed by atoms with Crippen molar-refractivity contribution in [3.63, 3.8) is 0 Å². The van der Waals surface area contributed by atoms with Gasteiger partial charge in [-0.3, -0.25) is 9.59 Å². The number of hydrogen-bond donors (Lipinski definition) is 2. The minimum atomic E-state index is -1.24. The second kappa shape index (κ2) is 14.5. The first-order valence-corrected chi connectivity index (χ1v) is 14.4. The standard InChI is InChI=1S/C30H47FN2O6/c1-21(2)16-25-18-32(22(3)34)19-27(38-4)28(36)26(35)20-39-15-8-7-14-33(25)29(37)30(12-5-6-13-30)23-10-9-11-24(31)17-23/h9-11,17,21,25-28,35-36H,5-8,12-16,18-20H2,1-4H3/t25-,26+,27+,28+/m0/s1. The molecule has 1 aromatic rings. The molecule has 39 heavy (non-hydrogen) atoms. The van der Waals surface area contributed by atoms with Crippen molar-refractivity contribution in [2.45, 2.75) is 95.5 Å². The van der Waals surface area contributed by atoms with Gasteiger partial charge in [0.25, 0.3) is 0 Å². The Morgan fingerprint density at radius 3 is 2.49 bits per heavy atom. The number of carbonyl (C=O) groups excluding carboxylic acids is 2. The number of methoxy groups -OCH3 is 1. The van der Waals surface area contributed by atoms with Crippen molar-refractivity contribution in [3.05, 3.63) is 35.6 Å². The third kappa shape index (κ3) is 7.99. The average Bonchev–Trinajstić information content (AvgIpc) is 3.40. The molecule has 1 aromatic carbocycles. The summed E-state index contributed by atoms with van der Waals surface area (Å²) in [4.78, 5) is 31.0. The van der Waals surface area contributed by atoms with E-state index in [1.54, 1.807) is 11.0 Å². The molecule has 8 nitrogen and oxygen atoms in total. The topological polar surface area (TPSA) is 99.5 Å². The van der Waals surface area contributed by atoms with Crippen molar-refractivity contribution < 1.29 is 33.7 Å². The Balaban J connectivity index is 2.02. The van der Waals surface area contributed by atoms with Gasteiger partial charge in [0, 0.05) is 46.3 Å². The maximum Gasteiger partial charge on any atom is 0.233 e. The Hall–Kier alpha value is -2.07. The van der Waals surface area contributed by atoms with E-state index in [0.717, 1.165) is 18.4 Å². The van der Waals surface area contributed by atoms with Crippen LogP contribution < -0.4 is 0 Å². The van der Waals surface area contributed by atoms with Crippen molar-refractivity contribution in [3.8, 4) is 0 Å². The lowest BCUT2D eigenvalue weighted by atomic mass is 9.77. The Morgan fingerprint density at radius 1 is 1.15 bits per heavy atom. The van der Waals surface area contributed by atoms with Crippen LogP contribution >= 0.6 is 0 Å². The maximum absolute atomic E-state index is 14.6. The summed E-state index contributed by atoms with van der Waals surface area (Å²) < 4.78 is 25.5. The molecule has 2 aliphatic rings. The molecule has 2 fully saturated rings. The fourth-order valence-electron chi connectivity index (χ4n) is 6.12. The van der Waals surface area contributed by atoms with Gasteiger partial charge in [0.15, 0.2) is 0 Å². The average molecular weight is 551 g/mol. The van der Waals surface area contributed by atoms with Crippen LogP contribution in [0.1, 0.15) is 71.3 Å². The molecule has 0 spiro atoms. The predicted molar refractivity (Wildman–Crippen MR) is 147 cm³/mol. The number of halogens is 1. The molecule has 9 heteroatoms. The van der Waals surface area contributed by atoms with Crippen LogP contribution in [0.15, 0.2) is 24.3 Å². The molecule has 3 rings (SSSR count). The number of amides is 2. The highest BCUT2D eigenvalue weighted by Gasteiger charge is 2.46. The lowest BCUT2D eigenvalue weighted by Crippen LogP contribution is -2.56. The number of ether oxygens (including phenoxy) is 2. The Kier molecular flexibility index (Phi) is 11.7. The SMILES string of the molecule is CO[C@@H]1CN(C(C)=O)C[C@H](CC(C)C)N(C(=O)C2(c3cccc(F)c3)CCCC2)CCCCOC[C@@H](O)[C@H]1O. The number of hydrogen-bond acceptors (Lipinski definition) is 6. The molecule has 1 aliphatic heterocycles. The fourth-order valence-corrected chi connectivity index (χ4v) is 6.12. The molecular formula is C30H47FN2O6. The van der Waals surface area contributed by atoms with Crippen LogP contribution in [0.4, 0.5) is 4.39 Å². The summed E-state index contributed by atoms with van der Waals surface area (Å²) in [6.45, 7) is 6.81. The van der Waals surface area contributed by atoms with E-state index >= 15 is 0 Å². The van der Waals surface area contributed by atoms with E-state index in [2.05, 4.69) is 13.8 Å². The normalized spacial score (nSPS) is 27.4. The first kappa shape index (κ1) is 31.5. The van der Waals surface area contributed by atoms with Gasteiger partial charge in [0.2, 0.25) is 11.8 Å². The molecule has 4 atom stereocenters. The molecule has 0 unspecified atom stereocenters. The summed E-state index contributed by atoms with van der Waals surface area (Å²) in [6.07, 6.45) is 1.92. The van der Waals surface area contributed by atoms with E-state index in [4.69, 9.17) is 9.47 Å². The van der Waals surface area contributed by atoms with Crippen LogP contribution in [0, 0.1) is 11.7 Å². The van der Waals surface area contributed by atoms with Gasteiger partial charge in [-0.15, -0.1) is 0 Å². The predicted octanol–water partition coefficient (Wildman–Crippen LogP) is 3.28. The Labute approximate surface area is 232 Å². The van der Waals surface area contributed by atoms with E-state index in [-0.39, 0.29) is 49.3 Å². The molecule has 1 saturated heterocycles. The van der Waals surface area contributed by atoms with E-state index in [9.17, 15) is 24.2 Å². The monoisotopic (exact) mass is 550 g/mol. The highest BCUT2D eigenvalue weighted by molar-refractivity contribution is 5.89. The van der Waals surface area contributed by atoms with E-state index in [0.29, 0.717) is 45.3 Å². The van der Waals surface area contributed by atoms with Gasteiger partial charge in [-0.05, 0) is 55.7 Å². The summed E-state index contributed by atoms with van der Waals surface area (Å²) in [5.74, 6) is -0.311. The van der Waals surface area contributed by atoms with Crippen LogP contribution in [0.2, 0.25) is 0 Å². The number of nitrogens with zero attached hydrogens (tertiary/aromatic N) is 2. The van der Waals surface area contributed by atoms with Crippen molar-refractivity contribution in [1.82, 2.24) is 9.80 Å². The van der Waals surface area contributed by atoms with Crippen molar-refractivity contribution >= 4 is 11.8 Å². The second-order valence-corrected chi connectivity index (χ2v) is 11.6. The first-order chi connectivity index (χ1) is 18.6. The molecule has 1 heterocycles. The first-order valence-electron chi connectivity index (χ1n) is 14.4. The van der Waals surface area contributed by atoms with Crippen molar-refractivity contribution in [1.29, 1.82) is 0 Å². The summed E-state index contributed by atoms with van der Waals surface area (Å²) in [5, 5.41) is 21.2. The molecule has 1 saturated carbocycles. The molecule has 2 amide bonds. The van der Waals surface area contributed by atoms with E-state index < -0.39 is 23.7 Å². The number of benzene rings is 1. The number of rotatable bonds is 5. The maximum atomic E-state index is 14.6. The highest BCUT2D eigenvalue weighted by Crippen LogP contribution is 2.43. The van der Waals surface area contributed by atoms with Gasteiger partial charge in [-0.2, -0.15) is 0 Å². The molecule has 220 valence electrons. The minimum absolute atomic E-state index is 0.00786. The van der Waals surface area contributed by atoms with Gasteiger partial charge in [-0.1, -0.05) is 38.8 Å². The summed E-state index contributed by atoms with van der Waals surface area (Å²) in [5.41, 5.74) is -0.0774. The zero-order chi connectivity index (χ0) is 28.6. The van der Waals surface area contributed by atoms with Crippen LogP contribution in [0.3, 0.4) is 0 Å². The third-order valence-electron chi connectivity index (χ3n) is 8.27. The lowest BCUT2D eigenvalue weighted by Gasteiger charge is -2.42. The Bertz CT molecular complexity index is 938. The zero-order valence-corrected chi connectivity index (χ0v) is 24.0. The number of aliphatic hydroxyl groups excluding tert-OH is 2. The molecule has 0 bridgehead atoms. The largest absolute Gasteiger partial charge is 0.388 e. The van der Waals surface area contributed by atoms with E-state index in [1.807, 2.05) is 11.0 Å². The van der Waals surface area contributed by atoms with Crippen LogP contribution in [-0.2, 0) is 24.5 Å². The zero-order valence-electron chi connectivity index (χ0n) is 24.0. The van der Waals surface area contributed by atoms with Gasteiger partial charge < -0.3 is 29.5 Å². The van der Waals surface area contributed by atoms with Gasteiger partial charge in [-0.25, -0.2) is 4.39 Å². The Morgan fingerprint density at radius 2 is 1.87 bits per heavy atom. The fraction of sp³-hybridized carbons (Fsp3) is 0.733. The second-order valence-electron chi connectivity index (χ2n) is 11.6. The quantitative estimate of drug-likeness (QED) is 0.584. The molecule has 0 aromatic heterocycles. The van der Waals surface area contributed by atoms with Crippen molar-refractivity contribution in [2.24, 2.45) is 5.92 Å². The molecule has 2 N–H and O–H groups in total. The lowest BCUT2D eigenvalue weighted by molar-refractivity contribution is -0.145. The van der Waals surface area contributed by atoms with Gasteiger partial charge in [0.05, 0.1) is 12.0 Å². The number of aliphatic hydroxyl groups is 2. The summed E-state index contributed by atoms with van der Waals surface area (Å²) >= 11 is 0. The van der Waals surface area contributed by atoms with Gasteiger partial charge >= 0.3 is 0 Å². The van der Waals surface area contributed by atoms with Crippen molar-refractivity contribution in [2.75, 3.05) is 40.0 Å². The third-order valence-corrected chi connectivity index (χ3v) is 8.27. The smallest absolute Gasteiger partial charge is 0.233 e. The highest BCUT2D eigenvalue weighted by atomic mass is 19.1. The van der Waals surface area contributed by atoms with E-state index in [1.165, 1.54) is 26.2 Å². The number of carbonyl (C=O) groups is 2. The minimum Gasteiger partial charge on any atom is -0.388 e.